The highest BCUT2D eigenvalue weighted by molar-refractivity contribution is 5.85. The van der Waals surface area contributed by atoms with Crippen molar-refractivity contribution in [2.75, 3.05) is 20.2 Å². The molecule has 0 saturated heterocycles. The van der Waals surface area contributed by atoms with Gasteiger partial charge in [0, 0.05) is 6.42 Å². The molecule has 1 atom stereocenters. The fourth-order valence-corrected chi connectivity index (χ4v) is 1.71. The summed E-state index contributed by atoms with van der Waals surface area (Å²) in [5, 5.41) is 14.6. The number of benzene rings is 1. The molecule has 1 amide bonds. The molecule has 6 heteroatoms. The number of carbonyl (C=O) groups excluding carboxylic acids is 2. The van der Waals surface area contributed by atoms with Gasteiger partial charge in [-0.1, -0.05) is 12.1 Å². The molecule has 1 aromatic rings. The molecule has 0 aliphatic heterocycles. The number of esters is 1. The highest BCUT2D eigenvalue weighted by Crippen LogP contribution is 2.11. The summed E-state index contributed by atoms with van der Waals surface area (Å²) in [5.41, 5.74) is 0.825. The molecule has 0 aliphatic rings. The molecule has 6 nitrogen and oxygen atoms in total. The van der Waals surface area contributed by atoms with E-state index >= 15 is 0 Å². The summed E-state index contributed by atoms with van der Waals surface area (Å²) >= 11 is 0. The van der Waals surface area contributed by atoms with Crippen LogP contribution < -0.4 is 10.6 Å². The molecule has 0 aromatic heterocycles. The molecule has 0 spiro atoms. The summed E-state index contributed by atoms with van der Waals surface area (Å²) in [4.78, 5) is 23.4. The topological polar surface area (TPSA) is 87.7 Å². The van der Waals surface area contributed by atoms with E-state index in [0.717, 1.165) is 5.56 Å². The second-order valence-corrected chi connectivity index (χ2v) is 4.27. The third kappa shape index (κ3) is 5.27. The van der Waals surface area contributed by atoms with Crippen LogP contribution in [0.1, 0.15) is 12.5 Å². The lowest BCUT2D eigenvalue weighted by molar-refractivity contribution is -0.147. The van der Waals surface area contributed by atoms with Gasteiger partial charge in [0.2, 0.25) is 5.91 Å². The first kappa shape index (κ1) is 16.0. The molecular formula is C14H20N2O4. The summed E-state index contributed by atoms with van der Waals surface area (Å²) < 4.78 is 4.96. The minimum Gasteiger partial charge on any atom is -0.508 e. The predicted molar refractivity (Wildman–Crippen MR) is 74.3 cm³/mol. The van der Waals surface area contributed by atoms with Crippen LogP contribution in [-0.4, -0.2) is 43.2 Å². The van der Waals surface area contributed by atoms with Crippen molar-refractivity contribution < 1.29 is 19.4 Å². The Bertz CT molecular complexity index is 445. The Morgan fingerprint density at radius 1 is 1.30 bits per heavy atom. The summed E-state index contributed by atoms with van der Waals surface area (Å²) in [6.45, 7) is 2.10. The molecule has 0 unspecified atom stereocenters. The monoisotopic (exact) mass is 280 g/mol. The van der Waals surface area contributed by atoms with E-state index in [4.69, 9.17) is 4.74 Å². The molecule has 1 rings (SSSR count). The van der Waals surface area contributed by atoms with Gasteiger partial charge in [0.25, 0.3) is 0 Å². The maximum atomic E-state index is 11.8. The van der Waals surface area contributed by atoms with Gasteiger partial charge in [-0.05, 0) is 31.7 Å². The van der Waals surface area contributed by atoms with Gasteiger partial charge in [-0.15, -0.1) is 0 Å². The number of aromatic hydroxyl groups is 1. The van der Waals surface area contributed by atoms with Crippen LogP contribution in [0.4, 0.5) is 0 Å². The largest absolute Gasteiger partial charge is 0.508 e. The Balaban J connectivity index is 2.73. The first-order valence-electron chi connectivity index (χ1n) is 6.45. The molecular weight excluding hydrogens is 260 g/mol. The predicted octanol–water partition coefficient (Wildman–Crippen LogP) is 0.202. The molecule has 0 fully saturated rings. The van der Waals surface area contributed by atoms with E-state index in [1.807, 2.05) is 0 Å². The molecule has 0 radical (unpaired) electrons. The van der Waals surface area contributed by atoms with E-state index in [-0.39, 0.29) is 24.8 Å². The zero-order valence-electron chi connectivity index (χ0n) is 11.7. The Hall–Kier alpha value is -2.08. The zero-order valence-corrected chi connectivity index (χ0v) is 11.7. The van der Waals surface area contributed by atoms with E-state index in [9.17, 15) is 14.7 Å². The van der Waals surface area contributed by atoms with E-state index < -0.39 is 12.0 Å². The summed E-state index contributed by atoms with van der Waals surface area (Å²) in [6.07, 6.45) is 0.314. The van der Waals surface area contributed by atoms with E-state index in [1.165, 1.54) is 12.1 Å². The van der Waals surface area contributed by atoms with E-state index in [1.54, 1.807) is 26.1 Å². The van der Waals surface area contributed by atoms with Crippen molar-refractivity contribution in [3.8, 4) is 5.75 Å². The summed E-state index contributed by atoms with van der Waals surface area (Å²) in [5.74, 6) is -0.588. The third-order valence-corrected chi connectivity index (χ3v) is 2.62. The van der Waals surface area contributed by atoms with Crippen LogP contribution in [-0.2, 0) is 20.7 Å². The molecule has 20 heavy (non-hydrogen) atoms. The SMILES string of the molecule is CCOC(=O)[C@H](Cc1ccc(O)cc1)NC(=O)CNC. The Morgan fingerprint density at radius 2 is 1.95 bits per heavy atom. The van der Waals surface area contributed by atoms with Crippen LogP contribution in [0.25, 0.3) is 0 Å². The fraction of sp³-hybridized carbons (Fsp3) is 0.429. The van der Waals surface area contributed by atoms with Crippen molar-refractivity contribution in [3.05, 3.63) is 29.8 Å². The van der Waals surface area contributed by atoms with Crippen LogP contribution in [0, 0.1) is 0 Å². The smallest absolute Gasteiger partial charge is 0.328 e. The Morgan fingerprint density at radius 3 is 2.50 bits per heavy atom. The second-order valence-electron chi connectivity index (χ2n) is 4.27. The first-order valence-corrected chi connectivity index (χ1v) is 6.45. The lowest BCUT2D eigenvalue weighted by Crippen LogP contribution is -2.46. The lowest BCUT2D eigenvalue weighted by atomic mass is 10.1. The number of phenols is 1. The van der Waals surface area contributed by atoms with Crippen molar-refractivity contribution in [3.63, 3.8) is 0 Å². The Kier molecular flexibility index (Phi) is 6.52. The van der Waals surface area contributed by atoms with Crippen molar-refractivity contribution >= 4 is 11.9 Å². The number of rotatable bonds is 7. The first-order chi connectivity index (χ1) is 9.56. The van der Waals surface area contributed by atoms with E-state index in [0.29, 0.717) is 6.42 Å². The van der Waals surface area contributed by atoms with E-state index in [2.05, 4.69) is 10.6 Å². The number of carbonyl (C=O) groups is 2. The van der Waals surface area contributed by atoms with Crippen LogP contribution >= 0.6 is 0 Å². The van der Waals surface area contributed by atoms with Crippen molar-refractivity contribution in [2.45, 2.75) is 19.4 Å². The Labute approximate surface area is 118 Å². The maximum Gasteiger partial charge on any atom is 0.328 e. The third-order valence-electron chi connectivity index (χ3n) is 2.62. The summed E-state index contributed by atoms with van der Waals surface area (Å²) in [6, 6.07) is 5.73. The van der Waals surface area contributed by atoms with Crippen LogP contribution in [0.15, 0.2) is 24.3 Å². The average molecular weight is 280 g/mol. The minimum atomic E-state index is -0.736. The molecule has 3 N–H and O–H groups in total. The molecule has 0 bridgehead atoms. The zero-order chi connectivity index (χ0) is 15.0. The van der Waals surface area contributed by atoms with Crippen molar-refractivity contribution in [1.29, 1.82) is 0 Å². The average Bonchev–Trinajstić information content (AvgIpc) is 2.41. The molecule has 0 aliphatic carbocycles. The van der Waals surface area contributed by atoms with Gasteiger partial charge in [-0.2, -0.15) is 0 Å². The highest BCUT2D eigenvalue weighted by Gasteiger charge is 2.22. The summed E-state index contributed by atoms with van der Waals surface area (Å²) in [7, 11) is 1.65. The van der Waals surface area contributed by atoms with Crippen molar-refractivity contribution in [1.82, 2.24) is 10.6 Å². The van der Waals surface area contributed by atoms with Gasteiger partial charge in [-0.25, -0.2) is 4.79 Å². The van der Waals surface area contributed by atoms with Crippen LogP contribution in [0.3, 0.4) is 0 Å². The number of amides is 1. The van der Waals surface area contributed by atoms with Crippen molar-refractivity contribution in [2.24, 2.45) is 0 Å². The standard InChI is InChI=1S/C14H20N2O4/c1-3-20-14(19)12(16-13(18)9-15-2)8-10-4-6-11(17)7-5-10/h4-7,12,15,17H,3,8-9H2,1-2H3,(H,16,18)/t12-/m0/s1. The van der Waals surface area contributed by atoms with Gasteiger partial charge in [-0.3, -0.25) is 4.79 Å². The quantitative estimate of drug-likeness (QED) is 0.621. The molecule has 0 heterocycles. The normalized spacial score (nSPS) is 11.7. The number of nitrogens with one attached hydrogen (secondary N) is 2. The minimum absolute atomic E-state index is 0.130. The number of phenolic OH excluding ortho intramolecular Hbond substituents is 1. The molecule has 0 saturated carbocycles. The van der Waals surface area contributed by atoms with Crippen LogP contribution in [0.5, 0.6) is 5.75 Å². The number of hydrogen-bond acceptors (Lipinski definition) is 5. The second kappa shape index (κ2) is 8.16. The van der Waals surface area contributed by atoms with Gasteiger partial charge in [0.1, 0.15) is 11.8 Å². The highest BCUT2D eigenvalue weighted by atomic mass is 16.5. The molecule has 110 valence electrons. The number of hydrogen-bond donors (Lipinski definition) is 3. The van der Waals surface area contributed by atoms with Gasteiger partial charge in [0.15, 0.2) is 0 Å². The van der Waals surface area contributed by atoms with Crippen LogP contribution in [0.2, 0.25) is 0 Å². The van der Waals surface area contributed by atoms with Gasteiger partial charge in [0.05, 0.1) is 13.2 Å². The number of likely N-dealkylation sites (N-methyl/N-ethyl adjacent to an activating group) is 1. The fourth-order valence-electron chi connectivity index (χ4n) is 1.71. The van der Waals surface area contributed by atoms with Gasteiger partial charge >= 0.3 is 5.97 Å². The van der Waals surface area contributed by atoms with Gasteiger partial charge < -0.3 is 20.5 Å². The number of ether oxygens (including phenoxy) is 1. The molecule has 1 aromatic carbocycles. The maximum absolute atomic E-state index is 11.8. The lowest BCUT2D eigenvalue weighted by Gasteiger charge is -2.17.